The third-order valence-electron chi connectivity index (χ3n) is 5.03. The first kappa shape index (κ1) is 23.5. The second-order valence-corrected chi connectivity index (χ2v) is 9.05. The van der Waals surface area contributed by atoms with Crippen LogP contribution in [0.4, 0.5) is 5.69 Å². The summed E-state index contributed by atoms with van der Waals surface area (Å²) in [5.41, 5.74) is 2.14. The van der Waals surface area contributed by atoms with Crippen molar-refractivity contribution >= 4 is 21.6 Å². The summed E-state index contributed by atoms with van der Waals surface area (Å²) in [6.45, 7) is 1.55. The smallest absolute Gasteiger partial charge is 0.261 e. The lowest BCUT2D eigenvalue weighted by atomic mass is 10.1. The van der Waals surface area contributed by atoms with Crippen LogP contribution in [0.1, 0.15) is 22.3 Å². The second kappa shape index (κ2) is 11.5. The predicted octanol–water partition coefficient (Wildman–Crippen LogP) is 4.21. The molecule has 0 spiro atoms. The molecule has 168 valence electrons. The van der Waals surface area contributed by atoms with Gasteiger partial charge in [-0.05, 0) is 54.8 Å². The molecule has 0 saturated carbocycles. The van der Waals surface area contributed by atoms with Crippen LogP contribution >= 0.6 is 0 Å². The third-order valence-corrected chi connectivity index (χ3v) is 6.42. The molecule has 0 fully saturated rings. The molecule has 7 heteroatoms. The predicted molar refractivity (Wildman–Crippen MR) is 126 cm³/mol. The van der Waals surface area contributed by atoms with Crippen molar-refractivity contribution in [1.82, 2.24) is 4.90 Å². The summed E-state index contributed by atoms with van der Waals surface area (Å²) in [5, 5.41) is 0. The largest absolute Gasteiger partial charge is 0.383 e. The number of carbonyl (C=O) groups is 1. The highest BCUT2D eigenvalue weighted by Crippen LogP contribution is 2.17. The number of sulfonamides is 1. The fraction of sp³-hybridized carbons (Fsp3) is 0.240. The van der Waals surface area contributed by atoms with Crippen molar-refractivity contribution in [1.29, 1.82) is 0 Å². The van der Waals surface area contributed by atoms with Crippen LogP contribution in [0.3, 0.4) is 0 Å². The molecule has 0 unspecified atom stereocenters. The number of methoxy groups -OCH3 is 1. The van der Waals surface area contributed by atoms with Gasteiger partial charge in [-0.2, -0.15) is 0 Å². The van der Waals surface area contributed by atoms with E-state index in [2.05, 4.69) is 16.9 Å². The number of rotatable bonds is 11. The summed E-state index contributed by atoms with van der Waals surface area (Å²) in [7, 11) is -2.06. The van der Waals surface area contributed by atoms with Crippen molar-refractivity contribution in [3.05, 3.63) is 96.1 Å². The van der Waals surface area contributed by atoms with Gasteiger partial charge in [-0.15, -0.1) is 0 Å². The van der Waals surface area contributed by atoms with E-state index in [4.69, 9.17) is 4.74 Å². The number of hydrogen-bond acceptors (Lipinski definition) is 4. The molecule has 32 heavy (non-hydrogen) atoms. The van der Waals surface area contributed by atoms with Crippen LogP contribution in [0.15, 0.2) is 89.8 Å². The van der Waals surface area contributed by atoms with Gasteiger partial charge >= 0.3 is 0 Å². The van der Waals surface area contributed by atoms with Gasteiger partial charge in [0, 0.05) is 31.5 Å². The fourth-order valence-corrected chi connectivity index (χ4v) is 4.39. The van der Waals surface area contributed by atoms with E-state index in [-0.39, 0.29) is 10.8 Å². The Morgan fingerprint density at radius 1 is 0.875 bits per heavy atom. The molecule has 6 nitrogen and oxygen atoms in total. The summed E-state index contributed by atoms with van der Waals surface area (Å²) in [4.78, 5) is 15.0. The highest BCUT2D eigenvalue weighted by Gasteiger charge is 2.17. The molecule has 0 aliphatic carbocycles. The van der Waals surface area contributed by atoms with Gasteiger partial charge < -0.3 is 9.64 Å². The molecule has 1 amide bonds. The first-order chi connectivity index (χ1) is 15.5. The number of nitrogens with zero attached hydrogens (tertiary/aromatic N) is 1. The Bertz CT molecular complexity index is 1090. The molecular weight excluding hydrogens is 424 g/mol. The highest BCUT2D eigenvalue weighted by atomic mass is 32.2. The van der Waals surface area contributed by atoms with Crippen LogP contribution in [-0.2, 0) is 21.2 Å². The van der Waals surface area contributed by atoms with E-state index in [1.807, 2.05) is 18.2 Å². The van der Waals surface area contributed by atoms with Gasteiger partial charge in [-0.25, -0.2) is 8.42 Å². The molecule has 0 aromatic heterocycles. The Balaban J connectivity index is 1.64. The molecule has 3 rings (SSSR count). The molecule has 3 aromatic rings. The Morgan fingerprint density at radius 2 is 1.50 bits per heavy atom. The summed E-state index contributed by atoms with van der Waals surface area (Å²) in [6.07, 6.45) is 1.73. The molecule has 0 saturated heterocycles. The van der Waals surface area contributed by atoms with Gasteiger partial charge in [0.2, 0.25) is 0 Å². The number of ether oxygens (including phenoxy) is 1. The summed E-state index contributed by atoms with van der Waals surface area (Å²) in [6, 6.07) is 24.8. The lowest BCUT2D eigenvalue weighted by Crippen LogP contribution is -2.35. The molecule has 3 aromatic carbocycles. The topological polar surface area (TPSA) is 75.7 Å². The van der Waals surface area contributed by atoms with Crippen LogP contribution < -0.4 is 4.72 Å². The summed E-state index contributed by atoms with van der Waals surface area (Å²) < 4.78 is 32.7. The van der Waals surface area contributed by atoms with Crippen LogP contribution in [0, 0.1) is 0 Å². The number of carbonyl (C=O) groups excluding carboxylic acids is 1. The molecule has 1 N–H and O–H groups in total. The standard InChI is InChI=1S/C25H28N2O4S/c1-31-20-19-27(18-8-11-21-9-4-2-5-10-21)25(28)22-14-16-23(17-15-22)26-32(29,30)24-12-6-3-7-13-24/h2-7,9-10,12-17,26H,8,11,18-20H2,1H3. The second-order valence-electron chi connectivity index (χ2n) is 7.37. The number of nitrogens with one attached hydrogen (secondary N) is 1. The molecule has 0 radical (unpaired) electrons. The normalized spacial score (nSPS) is 11.2. The zero-order valence-electron chi connectivity index (χ0n) is 18.1. The monoisotopic (exact) mass is 452 g/mol. The maximum absolute atomic E-state index is 13.0. The van der Waals surface area contributed by atoms with Crippen molar-refractivity contribution in [2.75, 3.05) is 31.5 Å². The molecule has 0 atom stereocenters. The Labute approximate surface area is 189 Å². The van der Waals surface area contributed by atoms with E-state index in [0.717, 1.165) is 12.8 Å². The van der Waals surface area contributed by atoms with Crippen molar-refractivity contribution in [3.8, 4) is 0 Å². The van der Waals surface area contributed by atoms with Gasteiger partial charge in [-0.1, -0.05) is 48.5 Å². The van der Waals surface area contributed by atoms with E-state index in [9.17, 15) is 13.2 Å². The Hall–Kier alpha value is -3.16. The van der Waals surface area contributed by atoms with Gasteiger partial charge in [0.25, 0.3) is 15.9 Å². The zero-order chi connectivity index (χ0) is 22.8. The average Bonchev–Trinajstić information content (AvgIpc) is 2.82. The quantitative estimate of drug-likeness (QED) is 0.473. The molecule has 0 aliphatic heterocycles. The lowest BCUT2D eigenvalue weighted by Gasteiger charge is -2.22. The molecule has 0 bridgehead atoms. The maximum atomic E-state index is 13.0. The average molecular weight is 453 g/mol. The fourth-order valence-electron chi connectivity index (χ4n) is 3.31. The van der Waals surface area contributed by atoms with E-state index >= 15 is 0 Å². The van der Waals surface area contributed by atoms with Gasteiger partial charge in [0.15, 0.2) is 0 Å². The first-order valence-electron chi connectivity index (χ1n) is 10.5. The zero-order valence-corrected chi connectivity index (χ0v) is 18.9. The van der Waals surface area contributed by atoms with E-state index in [0.29, 0.717) is 30.9 Å². The van der Waals surface area contributed by atoms with Crippen LogP contribution in [-0.4, -0.2) is 46.0 Å². The Kier molecular flexibility index (Phi) is 8.41. The molecule has 0 aliphatic rings. The summed E-state index contributed by atoms with van der Waals surface area (Å²) in [5.74, 6) is -0.104. The highest BCUT2D eigenvalue weighted by molar-refractivity contribution is 7.92. The first-order valence-corrected chi connectivity index (χ1v) is 12.0. The Morgan fingerprint density at radius 3 is 2.12 bits per heavy atom. The van der Waals surface area contributed by atoms with Gasteiger partial charge in [0.1, 0.15) is 0 Å². The third kappa shape index (κ3) is 6.67. The SMILES string of the molecule is COCCN(CCCc1ccccc1)C(=O)c1ccc(NS(=O)(=O)c2ccccc2)cc1. The van der Waals surface area contributed by atoms with Crippen molar-refractivity contribution in [3.63, 3.8) is 0 Å². The van der Waals surface area contributed by atoms with Crippen molar-refractivity contribution < 1.29 is 17.9 Å². The van der Waals surface area contributed by atoms with E-state index < -0.39 is 10.0 Å². The minimum atomic E-state index is -3.68. The van der Waals surface area contributed by atoms with E-state index in [1.54, 1.807) is 54.5 Å². The molecule has 0 heterocycles. The number of aryl methyl sites for hydroxylation is 1. The van der Waals surface area contributed by atoms with Crippen LogP contribution in [0.25, 0.3) is 0 Å². The minimum Gasteiger partial charge on any atom is -0.383 e. The van der Waals surface area contributed by atoms with Crippen molar-refractivity contribution in [2.45, 2.75) is 17.7 Å². The number of anilines is 1. The number of benzene rings is 3. The minimum absolute atomic E-state index is 0.104. The van der Waals surface area contributed by atoms with Gasteiger partial charge in [0.05, 0.1) is 11.5 Å². The number of amides is 1. The maximum Gasteiger partial charge on any atom is 0.261 e. The van der Waals surface area contributed by atoms with E-state index in [1.165, 1.54) is 17.7 Å². The van der Waals surface area contributed by atoms with Gasteiger partial charge in [-0.3, -0.25) is 9.52 Å². The van der Waals surface area contributed by atoms with Crippen LogP contribution in [0.2, 0.25) is 0 Å². The van der Waals surface area contributed by atoms with Crippen LogP contribution in [0.5, 0.6) is 0 Å². The summed E-state index contributed by atoms with van der Waals surface area (Å²) >= 11 is 0. The lowest BCUT2D eigenvalue weighted by molar-refractivity contribution is 0.0693. The van der Waals surface area contributed by atoms with Crippen molar-refractivity contribution in [2.24, 2.45) is 0 Å². The molecular formula is C25H28N2O4S. The number of hydrogen-bond donors (Lipinski definition) is 1.